The van der Waals surface area contributed by atoms with Gasteiger partial charge < -0.3 is 0 Å². The fraction of sp³-hybridized carbons (Fsp3) is 0.231. The zero-order valence-corrected chi connectivity index (χ0v) is 17.5. The first kappa shape index (κ1) is 19.3. The molecule has 0 radical (unpaired) electrons. The van der Waals surface area contributed by atoms with Crippen LogP contribution in [-0.4, -0.2) is 0 Å². The van der Waals surface area contributed by atoms with Crippen LogP contribution in [0, 0.1) is 23.7 Å². The average Bonchev–Trinajstić information content (AvgIpc) is 2.70. The smallest absolute Gasteiger partial charge is 0.0281 e. The highest BCUT2D eigenvalue weighted by Gasteiger charge is 1.99. The average molecular weight is 415 g/mol. The predicted molar refractivity (Wildman–Crippen MR) is 120 cm³/mol. The number of unbranched alkanes of at least 4 members (excludes halogenated alkanes) is 2. The summed E-state index contributed by atoms with van der Waals surface area (Å²) in [6.07, 6.45) is 4.30. The van der Waals surface area contributed by atoms with Crippen molar-refractivity contribution >= 4 is 26.7 Å². The van der Waals surface area contributed by atoms with Gasteiger partial charge >= 0.3 is 0 Å². The molecule has 0 bridgehead atoms. The van der Waals surface area contributed by atoms with Crippen molar-refractivity contribution in [2.45, 2.75) is 39.5 Å². The monoisotopic (exact) mass is 414 g/mol. The number of fused-ring (bicyclic) bond motifs is 1. The number of halogens is 1. The zero-order chi connectivity index (χ0) is 19.1. The van der Waals surface area contributed by atoms with E-state index in [0.29, 0.717) is 0 Å². The van der Waals surface area contributed by atoms with Gasteiger partial charge in [-0.05, 0) is 71.6 Å². The van der Waals surface area contributed by atoms with Crippen molar-refractivity contribution in [3.05, 3.63) is 81.3 Å². The predicted octanol–water partition coefficient (Wildman–Crippen LogP) is 7.11. The SMILES string of the molecule is CCCCC#Cc1ccc2cc(C#Cc3ccc(Br)cc3CC)ccc2c1. The zero-order valence-electron chi connectivity index (χ0n) is 15.9. The van der Waals surface area contributed by atoms with Crippen molar-refractivity contribution in [2.75, 3.05) is 0 Å². The molecule has 3 rings (SSSR count). The van der Waals surface area contributed by atoms with Gasteiger partial charge in [-0.25, -0.2) is 0 Å². The summed E-state index contributed by atoms with van der Waals surface area (Å²) in [5, 5.41) is 2.41. The second kappa shape index (κ2) is 9.45. The molecule has 0 aliphatic heterocycles. The van der Waals surface area contributed by atoms with Gasteiger partial charge in [0.25, 0.3) is 0 Å². The highest BCUT2D eigenvalue weighted by molar-refractivity contribution is 9.10. The number of aryl methyl sites for hydroxylation is 1. The first-order valence-electron chi connectivity index (χ1n) is 9.52. The van der Waals surface area contributed by atoms with Crippen LogP contribution >= 0.6 is 15.9 Å². The Hall–Kier alpha value is -2.48. The van der Waals surface area contributed by atoms with Crippen LogP contribution in [-0.2, 0) is 6.42 Å². The van der Waals surface area contributed by atoms with Crippen LogP contribution in [0.1, 0.15) is 55.4 Å². The van der Waals surface area contributed by atoms with Gasteiger partial charge in [0.15, 0.2) is 0 Å². The van der Waals surface area contributed by atoms with Gasteiger partial charge in [0.1, 0.15) is 0 Å². The van der Waals surface area contributed by atoms with E-state index in [9.17, 15) is 0 Å². The maximum Gasteiger partial charge on any atom is 0.0281 e. The summed E-state index contributed by atoms with van der Waals surface area (Å²) >= 11 is 3.53. The molecule has 134 valence electrons. The van der Waals surface area contributed by atoms with Crippen LogP contribution in [0.4, 0.5) is 0 Å². The summed E-state index contributed by atoms with van der Waals surface area (Å²) in [7, 11) is 0. The molecule has 0 unspecified atom stereocenters. The first-order valence-corrected chi connectivity index (χ1v) is 10.3. The number of rotatable bonds is 3. The second-order valence-electron chi connectivity index (χ2n) is 6.59. The van der Waals surface area contributed by atoms with E-state index in [4.69, 9.17) is 0 Å². The van der Waals surface area contributed by atoms with Gasteiger partial charge in [0, 0.05) is 27.6 Å². The summed E-state index contributed by atoms with van der Waals surface area (Å²) in [4.78, 5) is 0. The molecule has 1 heteroatoms. The number of hydrogen-bond acceptors (Lipinski definition) is 0. The molecule has 0 heterocycles. The van der Waals surface area contributed by atoms with Crippen molar-refractivity contribution in [1.82, 2.24) is 0 Å². The quantitative estimate of drug-likeness (QED) is 0.316. The third kappa shape index (κ3) is 5.26. The first-order chi connectivity index (χ1) is 13.2. The lowest BCUT2D eigenvalue weighted by Gasteiger charge is -2.02. The Kier molecular flexibility index (Phi) is 6.75. The molecule has 27 heavy (non-hydrogen) atoms. The normalized spacial score (nSPS) is 10.0. The Balaban J connectivity index is 1.85. The minimum Gasteiger partial charge on any atom is -0.0979 e. The highest BCUT2D eigenvalue weighted by Crippen LogP contribution is 2.19. The molecule has 0 aromatic heterocycles. The summed E-state index contributed by atoms with van der Waals surface area (Å²) < 4.78 is 1.10. The molecule has 3 aromatic carbocycles. The summed E-state index contributed by atoms with van der Waals surface area (Å²) in [6, 6.07) is 19.1. The van der Waals surface area contributed by atoms with Crippen LogP contribution in [0.2, 0.25) is 0 Å². The van der Waals surface area contributed by atoms with Crippen LogP contribution in [0.25, 0.3) is 10.8 Å². The molecule has 0 nitrogen and oxygen atoms in total. The molecule has 0 aliphatic carbocycles. The van der Waals surface area contributed by atoms with E-state index < -0.39 is 0 Å². The van der Waals surface area contributed by atoms with E-state index in [2.05, 4.69) is 102 Å². The topological polar surface area (TPSA) is 0 Å². The number of hydrogen-bond donors (Lipinski definition) is 0. The number of benzene rings is 3. The molecule has 0 saturated heterocycles. The van der Waals surface area contributed by atoms with E-state index in [1.54, 1.807) is 0 Å². The molecule has 3 aromatic rings. The van der Waals surface area contributed by atoms with Crippen LogP contribution < -0.4 is 0 Å². The lowest BCUT2D eigenvalue weighted by Crippen LogP contribution is -1.87. The molecule has 0 aliphatic rings. The van der Waals surface area contributed by atoms with Gasteiger partial charge in [0.2, 0.25) is 0 Å². The molecule has 0 saturated carbocycles. The van der Waals surface area contributed by atoms with E-state index in [1.807, 2.05) is 6.07 Å². The Labute approximate surface area is 171 Å². The Bertz CT molecular complexity index is 1070. The van der Waals surface area contributed by atoms with Crippen LogP contribution in [0.15, 0.2) is 59.1 Å². The van der Waals surface area contributed by atoms with E-state index in [1.165, 1.54) is 29.2 Å². The van der Waals surface area contributed by atoms with Crippen molar-refractivity contribution in [3.8, 4) is 23.7 Å². The Morgan fingerprint density at radius 3 is 2.15 bits per heavy atom. The lowest BCUT2D eigenvalue weighted by atomic mass is 10.0. The standard InChI is InChI=1S/C26H23Br/c1-3-5-6-7-8-20-10-13-25-18-21(11-14-24(25)17-20)9-12-23-15-16-26(27)19-22(23)4-2/h10-11,13-19H,3-6H2,1-2H3. The Morgan fingerprint density at radius 2 is 1.48 bits per heavy atom. The third-order valence-corrected chi connectivity index (χ3v) is 5.01. The minimum absolute atomic E-state index is 0.971. The fourth-order valence-electron chi connectivity index (χ4n) is 2.95. The van der Waals surface area contributed by atoms with Crippen molar-refractivity contribution in [3.63, 3.8) is 0 Å². The maximum absolute atomic E-state index is 3.53. The van der Waals surface area contributed by atoms with Crippen molar-refractivity contribution in [2.24, 2.45) is 0 Å². The molecule has 0 amide bonds. The van der Waals surface area contributed by atoms with E-state index >= 15 is 0 Å². The molecule has 0 fully saturated rings. The third-order valence-electron chi connectivity index (χ3n) is 4.52. The fourth-order valence-corrected chi connectivity index (χ4v) is 3.36. The molecule has 0 atom stereocenters. The van der Waals surface area contributed by atoms with Crippen molar-refractivity contribution < 1.29 is 0 Å². The summed E-state index contributed by atoms with van der Waals surface area (Å²) in [5.74, 6) is 13.2. The van der Waals surface area contributed by atoms with Gasteiger partial charge in [-0.1, -0.05) is 72.0 Å². The Morgan fingerprint density at radius 1 is 0.778 bits per heavy atom. The van der Waals surface area contributed by atoms with E-state index in [-0.39, 0.29) is 0 Å². The van der Waals surface area contributed by atoms with E-state index in [0.717, 1.165) is 34.0 Å². The van der Waals surface area contributed by atoms with Crippen LogP contribution in [0.3, 0.4) is 0 Å². The van der Waals surface area contributed by atoms with Crippen molar-refractivity contribution in [1.29, 1.82) is 0 Å². The molecule has 0 N–H and O–H groups in total. The second-order valence-corrected chi connectivity index (χ2v) is 7.50. The minimum atomic E-state index is 0.971. The van der Waals surface area contributed by atoms with Gasteiger partial charge in [-0.2, -0.15) is 0 Å². The molecular weight excluding hydrogens is 392 g/mol. The largest absolute Gasteiger partial charge is 0.0979 e. The summed E-state index contributed by atoms with van der Waals surface area (Å²) in [5.41, 5.74) is 4.48. The molecular formula is C26H23Br. The lowest BCUT2D eigenvalue weighted by molar-refractivity contribution is 0.828. The summed E-state index contributed by atoms with van der Waals surface area (Å²) in [6.45, 7) is 4.35. The highest BCUT2D eigenvalue weighted by atomic mass is 79.9. The van der Waals surface area contributed by atoms with Crippen LogP contribution in [0.5, 0.6) is 0 Å². The van der Waals surface area contributed by atoms with Gasteiger partial charge in [0.05, 0.1) is 0 Å². The van der Waals surface area contributed by atoms with Gasteiger partial charge in [-0.3, -0.25) is 0 Å². The van der Waals surface area contributed by atoms with Gasteiger partial charge in [-0.15, -0.1) is 0 Å². The maximum atomic E-state index is 3.53. The molecule has 0 spiro atoms.